The second-order valence-electron chi connectivity index (χ2n) is 5.37. The molecule has 1 aromatic heterocycles. The summed E-state index contributed by atoms with van der Waals surface area (Å²) >= 11 is 1.14. The molecule has 4 nitrogen and oxygen atoms in total. The lowest BCUT2D eigenvalue weighted by molar-refractivity contribution is 0.372. The van der Waals surface area contributed by atoms with Crippen LogP contribution < -0.4 is 9.47 Å². The van der Waals surface area contributed by atoms with Crippen LogP contribution in [0, 0.1) is 18.6 Å². The van der Waals surface area contributed by atoms with E-state index < -0.39 is 11.6 Å². The minimum Gasteiger partial charge on any atom is -0.493 e. The first-order chi connectivity index (χ1) is 12.6. The Kier molecular flexibility index (Phi) is 5.68. The second kappa shape index (κ2) is 8.14. The molecule has 7 heteroatoms. The maximum Gasteiger partial charge on any atom is 0.223 e. The Morgan fingerprint density at radius 2 is 1.65 bits per heavy atom. The highest BCUT2D eigenvalue weighted by Gasteiger charge is 2.12. The number of methoxy groups -OCH3 is 1. The van der Waals surface area contributed by atoms with Gasteiger partial charge in [-0.25, -0.2) is 13.8 Å². The molecule has 0 aliphatic heterocycles. The number of aromatic nitrogens is 2. The number of ether oxygens (including phenoxy) is 2. The maximum atomic E-state index is 13.7. The zero-order valence-electron chi connectivity index (χ0n) is 14.2. The number of para-hydroxylation sites is 2. The van der Waals surface area contributed by atoms with Gasteiger partial charge in [-0.05, 0) is 31.2 Å². The number of benzene rings is 2. The van der Waals surface area contributed by atoms with Crippen LogP contribution in [-0.2, 0) is 5.75 Å². The van der Waals surface area contributed by atoms with Crippen LogP contribution in [0.15, 0.2) is 53.7 Å². The van der Waals surface area contributed by atoms with E-state index in [0.717, 1.165) is 11.8 Å². The molecule has 0 unspecified atom stereocenters. The van der Waals surface area contributed by atoms with E-state index in [1.165, 1.54) is 18.2 Å². The van der Waals surface area contributed by atoms with E-state index in [-0.39, 0.29) is 11.3 Å². The molecular formula is C19H16F2N2O2S. The smallest absolute Gasteiger partial charge is 0.223 e. The van der Waals surface area contributed by atoms with Crippen LogP contribution in [0.25, 0.3) is 0 Å². The lowest BCUT2D eigenvalue weighted by atomic mass is 10.2. The van der Waals surface area contributed by atoms with Crippen molar-refractivity contribution in [1.29, 1.82) is 0 Å². The van der Waals surface area contributed by atoms with Crippen LogP contribution in [0.2, 0.25) is 0 Å². The Bertz CT molecular complexity index is 902. The predicted octanol–water partition coefficient (Wildman–Crippen LogP) is 5.16. The Hall–Kier alpha value is -2.67. The largest absolute Gasteiger partial charge is 0.493 e. The summed E-state index contributed by atoms with van der Waals surface area (Å²) in [5, 5.41) is 0.373. The molecule has 0 saturated heterocycles. The van der Waals surface area contributed by atoms with E-state index in [4.69, 9.17) is 9.47 Å². The fourth-order valence-corrected chi connectivity index (χ4v) is 3.17. The third-order valence-electron chi connectivity index (χ3n) is 3.50. The molecule has 0 amide bonds. The van der Waals surface area contributed by atoms with Gasteiger partial charge in [0.1, 0.15) is 11.6 Å². The van der Waals surface area contributed by atoms with E-state index in [0.29, 0.717) is 28.2 Å². The minimum absolute atomic E-state index is 0.00481. The highest BCUT2D eigenvalue weighted by atomic mass is 32.2. The summed E-state index contributed by atoms with van der Waals surface area (Å²) < 4.78 is 38.5. The summed E-state index contributed by atoms with van der Waals surface area (Å²) in [5.74, 6) is 0.330. The van der Waals surface area contributed by atoms with Crippen LogP contribution >= 0.6 is 11.8 Å². The molecule has 26 heavy (non-hydrogen) atoms. The first-order valence-electron chi connectivity index (χ1n) is 7.79. The van der Waals surface area contributed by atoms with E-state index in [9.17, 15) is 8.78 Å². The SMILES string of the molecule is COc1ccccc1Oc1cc(C)nc(SCc2c(F)cccc2F)n1. The molecule has 3 aromatic rings. The van der Waals surface area contributed by atoms with Crippen LogP contribution in [0.5, 0.6) is 17.4 Å². The van der Waals surface area contributed by atoms with E-state index >= 15 is 0 Å². The standard InChI is InChI=1S/C19H16F2N2O2S/c1-12-10-18(25-17-9-4-3-8-16(17)24-2)23-19(22-12)26-11-13-14(20)6-5-7-15(13)21/h3-10H,11H2,1-2H3. The number of hydrogen-bond donors (Lipinski definition) is 0. The molecule has 0 fully saturated rings. The number of nitrogens with zero attached hydrogens (tertiary/aromatic N) is 2. The average molecular weight is 374 g/mol. The molecule has 0 aliphatic rings. The van der Waals surface area contributed by atoms with Crippen molar-refractivity contribution in [3.63, 3.8) is 0 Å². The second-order valence-corrected chi connectivity index (χ2v) is 6.31. The van der Waals surface area contributed by atoms with Crippen LogP contribution in [-0.4, -0.2) is 17.1 Å². The fraction of sp³-hybridized carbons (Fsp3) is 0.158. The Labute approximate surface area is 154 Å². The van der Waals surface area contributed by atoms with Gasteiger partial charge in [-0.2, -0.15) is 4.98 Å². The number of rotatable bonds is 6. The van der Waals surface area contributed by atoms with Gasteiger partial charge in [-0.15, -0.1) is 0 Å². The summed E-state index contributed by atoms with van der Waals surface area (Å²) in [6.45, 7) is 1.80. The molecule has 0 saturated carbocycles. The quantitative estimate of drug-likeness (QED) is 0.441. The first kappa shape index (κ1) is 18.1. The van der Waals surface area contributed by atoms with Crippen molar-refractivity contribution in [2.24, 2.45) is 0 Å². The van der Waals surface area contributed by atoms with Crippen molar-refractivity contribution in [2.75, 3.05) is 7.11 Å². The van der Waals surface area contributed by atoms with Gasteiger partial charge in [-0.1, -0.05) is 30.0 Å². The Morgan fingerprint density at radius 1 is 0.962 bits per heavy atom. The predicted molar refractivity (Wildman–Crippen MR) is 95.8 cm³/mol. The minimum atomic E-state index is -0.587. The Balaban J connectivity index is 1.79. The van der Waals surface area contributed by atoms with Crippen LogP contribution in [0.4, 0.5) is 8.78 Å². The van der Waals surface area contributed by atoms with E-state index in [1.807, 2.05) is 12.1 Å². The molecule has 0 spiro atoms. The van der Waals surface area contributed by atoms with Gasteiger partial charge in [0.25, 0.3) is 0 Å². The van der Waals surface area contributed by atoms with Crippen LogP contribution in [0.3, 0.4) is 0 Å². The maximum absolute atomic E-state index is 13.7. The fourth-order valence-electron chi connectivity index (χ4n) is 2.25. The van der Waals surface area contributed by atoms with E-state index in [1.54, 1.807) is 32.2 Å². The van der Waals surface area contributed by atoms with Crippen molar-refractivity contribution in [1.82, 2.24) is 9.97 Å². The normalized spacial score (nSPS) is 10.6. The summed E-state index contributed by atoms with van der Waals surface area (Å²) in [7, 11) is 1.55. The lowest BCUT2D eigenvalue weighted by Crippen LogP contribution is -1.98. The summed E-state index contributed by atoms with van der Waals surface area (Å²) in [6, 6.07) is 12.7. The average Bonchev–Trinajstić information content (AvgIpc) is 2.61. The molecule has 0 bridgehead atoms. The van der Waals surface area contributed by atoms with Crippen LogP contribution in [0.1, 0.15) is 11.3 Å². The molecule has 0 N–H and O–H groups in total. The van der Waals surface area contributed by atoms with Gasteiger partial charge < -0.3 is 9.47 Å². The molecular weight excluding hydrogens is 358 g/mol. The van der Waals surface area contributed by atoms with Gasteiger partial charge >= 0.3 is 0 Å². The molecule has 0 aliphatic carbocycles. The molecule has 3 rings (SSSR count). The molecule has 0 radical (unpaired) electrons. The molecule has 1 heterocycles. The highest BCUT2D eigenvalue weighted by Crippen LogP contribution is 2.31. The molecule has 2 aromatic carbocycles. The topological polar surface area (TPSA) is 44.2 Å². The number of thioether (sulfide) groups is 1. The number of hydrogen-bond acceptors (Lipinski definition) is 5. The van der Waals surface area contributed by atoms with E-state index in [2.05, 4.69) is 9.97 Å². The lowest BCUT2D eigenvalue weighted by Gasteiger charge is -2.10. The number of halogens is 2. The highest BCUT2D eigenvalue weighted by molar-refractivity contribution is 7.98. The summed E-state index contributed by atoms with van der Waals surface area (Å²) in [5.41, 5.74) is 0.677. The van der Waals surface area contributed by atoms with Gasteiger partial charge in [0, 0.05) is 23.1 Å². The van der Waals surface area contributed by atoms with Crippen molar-refractivity contribution < 1.29 is 18.3 Å². The third kappa shape index (κ3) is 4.29. The van der Waals surface area contributed by atoms with Gasteiger partial charge in [0.15, 0.2) is 16.7 Å². The van der Waals surface area contributed by atoms with Gasteiger partial charge in [0.2, 0.25) is 5.88 Å². The van der Waals surface area contributed by atoms with Crippen molar-refractivity contribution in [2.45, 2.75) is 17.8 Å². The summed E-state index contributed by atoms with van der Waals surface area (Å²) in [4.78, 5) is 8.60. The van der Waals surface area contributed by atoms with Crippen molar-refractivity contribution in [3.8, 4) is 17.4 Å². The Morgan fingerprint density at radius 3 is 2.35 bits per heavy atom. The van der Waals surface area contributed by atoms with Crippen molar-refractivity contribution >= 4 is 11.8 Å². The zero-order valence-corrected chi connectivity index (χ0v) is 15.0. The zero-order chi connectivity index (χ0) is 18.5. The summed E-state index contributed by atoms with van der Waals surface area (Å²) in [6.07, 6.45) is 0. The first-order valence-corrected chi connectivity index (χ1v) is 8.77. The number of aryl methyl sites for hydroxylation is 1. The van der Waals surface area contributed by atoms with Gasteiger partial charge in [0.05, 0.1) is 7.11 Å². The van der Waals surface area contributed by atoms with Crippen molar-refractivity contribution in [3.05, 3.63) is 71.4 Å². The monoisotopic (exact) mass is 374 g/mol. The molecule has 0 atom stereocenters. The van der Waals surface area contributed by atoms with Gasteiger partial charge in [-0.3, -0.25) is 0 Å². The molecule has 134 valence electrons. The third-order valence-corrected chi connectivity index (χ3v) is 4.37.